The van der Waals surface area contributed by atoms with Crippen LogP contribution in [0.2, 0.25) is 0 Å². The van der Waals surface area contributed by atoms with E-state index in [9.17, 15) is 19.5 Å². The highest BCUT2D eigenvalue weighted by Crippen LogP contribution is 2.36. The van der Waals surface area contributed by atoms with Gasteiger partial charge in [-0.05, 0) is 79.3 Å². The number of carboxylic acid groups (broad SMARTS) is 1. The number of benzene rings is 2. The zero-order valence-electron chi connectivity index (χ0n) is 21.7. The van der Waals surface area contributed by atoms with Crippen LogP contribution >= 0.6 is 0 Å². The summed E-state index contributed by atoms with van der Waals surface area (Å²) in [6.07, 6.45) is 3.14. The number of ether oxygens (including phenoxy) is 1. The Morgan fingerprint density at radius 3 is 2.17 bits per heavy atom. The Labute approximate surface area is 212 Å². The van der Waals surface area contributed by atoms with Crippen molar-refractivity contribution in [1.82, 2.24) is 5.32 Å². The Kier molecular flexibility index (Phi) is 8.61. The van der Waals surface area contributed by atoms with Crippen LogP contribution in [-0.2, 0) is 9.59 Å². The van der Waals surface area contributed by atoms with E-state index in [-0.39, 0.29) is 17.9 Å². The molecule has 2 aromatic rings. The van der Waals surface area contributed by atoms with E-state index in [0.717, 1.165) is 18.4 Å². The number of carbonyl (C=O) groups excluding carboxylic acids is 2. The van der Waals surface area contributed by atoms with E-state index in [1.54, 1.807) is 7.11 Å². The van der Waals surface area contributed by atoms with Gasteiger partial charge in [0.15, 0.2) is 0 Å². The Bertz CT molecular complexity index is 1080. The van der Waals surface area contributed by atoms with Gasteiger partial charge >= 0.3 is 12.0 Å². The SMILES string of the molecule is COc1ccc(C)cc1NC(=O)Nc1ccc([C@H]2CC[C@H](C(=O)N[C@H](C(=O)O)C(C)(C)C)CC2)cc1. The number of aliphatic carboxylic acids is 1. The van der Waals surface area contributed by atoms with Crippen molar-refractivity contribution >= 4 is 29.3 Å². The maximum absolute atomic E-state index is 12.7. The highest BCUT2D eigenvalue weighted by atomic mass is 16.5. The van der Waals surface area contributed by atoms with E-state index in [2.05, 4.69) is 16.0 Å². The summed E-state index contributed by atoms with van der Waals surface area (Å²) in [6, 6.07) is 12.1. The maximum atomic E-state index is 12.7. The van der Waals surface area contributed by atoms with Crippen LogP contribution < -0.4 is 20.7 Å². The molecular weight excluding hydrogens is 458 g/mol. The average Bonchev–Trinajstić information content (AvgIpc) is 2.82. The van der Waals surface area contributed by atoms with Crippen LogP contribution in [0.1, 0.15) is 63.5 Å². The molecule has 8 nitrogen and oxygen atoms in total. The second kappa shape index (κ2) is 11.5. The van der Waals surface area contributed by atoms with Crippen LogP contribution in [0.15, 0.2) is 42.5 Å². The van der Waals surface area contributed by atoms with Crippen molar-refractivity contribution in [3.63, 3.8) is 0 Å². The Balaban J connectivity index is 1.52. The first-order valence-corrected chi connectivity index (χ1v) is 12.3. The van der Waals surface area contributed by atoms with Crippen molar-refractivity contribution in [2.24, 2.45) is 11.3 Å². The number of carboxylic acids is 1. The smallest absolute Gasteiger partial charge is 0.326 e. The highest BCUT2D eigenvalue weighted by Gasteiger charge is 2.35. The summed E-state index contributed by atoms with van der Waals surface area (Å²) in [4.78, 5) is 36.8. The van der Waals surface area contributed by atoms with Gasteiger partial charge in [-0.3, -0.25) is 4.79 Å². The minimum Gasteiger partial charge on any atom is -0.495 e. The van der Waals surface area contributed by atoms with Crippen LogP contribution in [0.3, 0.4) is 0 Å². The normalized spacial score (nSPS) is 18.6. The molecule has 0 saturated heterocycles. The molecule has 1 fully saturated rings. The Morgan fingerprint density at radius 2 is 1.61 bits per heavy atom. The molecule has 36 heavy (non-hydrogen) atoms. The van der Waals surface area contributed by atoms with Gasteiger partial charge in [-0.15, -0.1) is 0 Å². The van der Waals surface area contributed by atoms with Crippen molar-refractivity contribution in [3.8, 4) is 5.75 Å². The van der Waals surface area contributed by atoms with Gasteiger partial charge in [0.05, 0.1) is 12.8 Å². The van der Waals surface area contributed by atoms with E-state index in [0.29, 0.717) is 35.9 Å². The van der Waals surface area contributed by atoms with Gasteiger partial charge in [-0.2, -0.15) is 0 Å². The third kappa shape index (κ3) is 6.99. The van der Waals surface area contributed by atoms with Gasteiger partial charge in [0.1, 0.15) is 11.8 Å². The first-order valence-electron chi connectivity index (χ1n) is 12.3. The summed E-state index contributed by atoms with van der Waals surface area (Å²) in [5.41, 5.74) is 2.90. The van der Waals surface area contributed by atoms with E-state index in [4.69, 9.17) is 4.74 Å². The third-order valence-corrected chi connectivity index (χ3v) is 6.74. The number of amides is 3. The number of hydrogen-bond donors (Lipinski definition) is 4. The zero-order valence-corrected chi connectivity index (χ0v) is 21.7. The average molecular weight is 496 g/mol. The molecular formula is C28H37N3O5. The number of hydrogen-bond acceptors (Lipinski definition) is 4. The van der Waals surface area contributed by atoms with Crippen molar-refractivity contribution in [2.75, 3.05) is 17.7 Å². The van der Waals surface area contributed by atoms with Gasteiger partial charge in [0, 0.05) is 11.6 Å². The monoisotopic (exact) mass is 495 g/mol. The molecule has 2 aromatic carbocycles. The molecule has 0 aliphatic heterocycles. The number of anilines is 2. The molecule has 0 spiro atoms. The number of aryl methyl sites for hydroxylation is 1. The maximum Gasteiger partial charge on any atom is 0.326 e. The van der Waals surface area contributed by atoms with Crippen LogP contribution in [0.5, 0.6) is 5.75 Å². The predicted molar refractivity (Wildman–Crippen MR) is 141 cm³/mol. The van der Waals surface area contributed by atoms with Crippen molar-refractivity contribution in [2.45, 2.75) is 65.3 Å². The molecule has 0 bridgehead atoms. The minimum absolute atomic E-state index is 0.172. The van der Waals surface area contributed by atoms with Crippen molar-refractivity contribution < 1.29 is 24.2 Å². The molecule has 3 amide bonds. The van der Waals surface area contributed by atoms with E-state index in [1.165, 1.54) is 5.56 Å². The van der Waals surface area contributed by atoms with Crippen LogP contribution in [0.25, 0.3) is 0 Å². The van der Waals surface area contributed by atoms with Gasteiger partial charge in [0.2, 0.25) is 5.91 Å². The molecule has 4 N–H and O–H groups in total. The largest absolute Gasteiger partial charge is 0.495 e. The van der Waals surface area contributed by atoms with Crippen LogP contribution in [0.4, 0.5) is 16.2 Å². The minimum atomic E-state index is -1.01. The standard InChI is InChI=1S/C28H37N3O5/c1-17-6-15-23(36-5)22(16-17)30-27(35)29-21-13-11-19(12-14-21)18-7-9-20(10-8-18)25(32)31-24(26(33)34)28(2,3)4/h6,11-16,18,20,24H,7-10H2,1-5H3,(H,31,32)(H,33,34)(H2,29,30,35)/t18-,20-,24-/m1/s1. The van der Waals surface area contributed by atoms with Crippen molar-refractivity contribution in [1.29, 1.82) is 0 Å². The molecule has 194 valence electrons. The van der Waals surface area contributed by atoms with Gasteiger partial charge < -0.3 is 25.8 Å². The lowest BCUT2D eigenvalue weighted by Gasteiger charge is -2.32. The fourth-order valence-corrected chi connectivity index (χ4v) is 4.64. The quantitative estimate of drug-likeness (QED) is 0.403. The molecule has 1 aliphatic rings. The third-order valence-electron chi connectivity index (χ3n) is 6.74. The predicted octanol–water partition coefficient (Wildman–Crippen LogP) is 5.54. The molecule has 1 atom stereocenters. The van der Waals surface area contributed by atoms with Gasteiger partial charge in [0.25, 0.3) is 0 Å². The number of urea groups is 1. The fourth-order valence-electron chi connectivity index (χ4n) is 4.64. The van der Waals surface area contributed by atoms with Gasteiger partial charge in [-0.1, -0.05) is 39.0 Å². The molecule has 0 aromatic heterocycles. The second-order valence-corrected chi connectivity index (χ2v) is 10.6. The Hall–Kier alpha value is -3.55. The first kappa shape index (κ1) is 27.0. The van der Waals surface area contributed by atoms with E-state index < -0.39 is 17.4 Å². The highest BCUT2D eigenvalue weighted by molar-refractivity contribution is 6.00. The van der Waals surface area contributed by atoms with Crippen molar-refractivity contribution in [3.05, 3.63) is 53.6 Å². The van der Waals surface area contributed by atoms with E-state index in [1.807, 2.05) is 70.2 Å². The summed E-state index contributed by atoms with van der Waals surface area (Å²) >= 11 is 0. The lowest BCUT2D eigenvalue weighted by molar-refractivity contribution is -0.145. The van der Waals surface area contributed by atoms with E-state index >= 15 is 0 Å². The topological polar surface area (TPSA) is 117 Å². The lowest BCUT2D eigenvalue weighted by Crippen LogP contribution is -2.51. The number of nitrogens with one attached hydrogen (secondary N) is 3. The molecule has 8 heteroatoms. The summed E-state index contributed by atoms with van der Waals surface area (Å²) in [6.45, 7) is 7.37. The van der Waals surface area contributed by atoms with Crippen LogP contribution in [0, 0.1) is 18.3 Å². The molecule has 1 saturated carbocycles. The second-order valence-electron chi connectivity index (χ2n) is 10.6. The summed E-state index contributed by atoms with van der Waals surface area (Å²) in [7, 11) is 1.56. The summed E-state index contributed by atoms with van der Waals surface area (Å²) < 4.78 is 5.31. The van der Waals surface area contributed by atoms with Gasteiger partial charge in [-0.25, -0.2) is 9.59 Å². The lowest BCUT2D eigenvalue weighted by atomic mass is 9.78. The number of carbonyl (C=O) groups is 3. The molecule has 1 aliphatic carbocycles. The number of methoxy groups -OCH3 is 1. The zero-order chi connectivity index (χ0) is 26.5. The first-order chi connectivity index (χ1) is 17.0. The molecule has 3 rings (SSSR count). The number of rotatable bonds is 7. The summed E-state index contributed by atoms with van der Waals surface area (Å²) in [5.74, 6) is -0.441. The molecule has 0 radical (unpaired) electrons. The summed E-state index contributed by atoms with van der Waals surface area (Å²) in [5, 5.41) is 17.9. The molecule has 0 heterocycles. The molecule has 0 unspecified atom stereocenters. The Morgan fingerprint density at radius 1 is 0.972 bits per heavy atom. The fraction of sp³-hybridized carbons (Fsp3) is 0.464. The van der Waals surface area contributed by atoms with Crippen LogP contribution in [-0.4, -0.2) is 36.2 Å².